The maximum Gasteiger partial charge on any atom is 0.130 e. The van der Waals surface area contributed by atoms with E-state index in [0.29, 0.717) is 0 Å². The molecule has 2 rings (SSSR count). The molecule has 0 saturated heterocycles. The molecule has 0 atom stereocenters. The Balaban J connectivity index is 2.39. The molecular formula is C10H9FS. The van der Waals surface area contributed by atoms with Crippen LogP contribution in [0.2, 0.25) is 0 Å². The van der Waals surface area contributed by atoms with Gasteiger partial charge in [-0.25, -0.2) is 4.39 Å². The third kappa shape index (κ3) is 1.39. The molecule has 1 aliphatic heterocycles. The van der Waals surface area contributed by atoms with Crippen LogP contribution in [0.15, 0.2) is 29.7 Å². The van der Waals surface area contributed by atoms with Crippen LogP contribution < -0.4 is 0 Å². The fraction of sp³-hybridized carbons (Fsp3) is 0.200. The molecule has 0 unspecified atom stereocenters. The topological polar surface area (TPSA) is 0 Å². The van der Waals surface area contributed by atoms with Crippen molar-refractivity contribution in [3.63, 3.8) is 0 Å². The van der Waals surface area contributed by atoms with Crippen molar-refractivity contribution in [1.29, 1.82) is 0 Å². The fourth-order valence-electron chi connectivity index (χ4n) is 1.31. The Morgan fingerprint density at radius 2 is 2.08 bits per heavy atom. The van der Waals surface area contributed by atoms with Crippen molar-refractivity contribution >= 4 is 17.3 Å². The lowest BCUT2D eigenvalue weighted by Gasteiger charge is -2.01. The normalized spacial score (nSPS) is 16.2. The summed E-state index contributed by atoms with van der Waals surface area (Å²) in [5.74, 6) is 0.982. The molecule has 1 aromatic rings. The van der Waals surface area contributed by atoms with Crippen LogP contribution in [-0.4, -0.2) is 5.75 Å². The largest absolute Gasteiger partial charge is 0.206 e. The molecule has 0 aromatic heterocycles. The first-order valence-electron chi connectivity index (χ1n) is 3.93. The minimum Gasteiger partial charge on any atom is -0.206 e. The molecule has 0 radical (unpaired) electrons. The smallest absolute Gasteiger partial charge is 0.130 e. The highest BCUT2D eigenvalue weighted by Gasteiger charge is 2.10. The Bertz CT molecular complexity index is 317. The zero-order chi connectivity index (χ0) is 8.39. The summed E-state index contributed by atoms with van der Waals surface area (Å²) < 4.78 is 13.2. The zero-order valence-electron chi connectivity index (χ0n) is 6.59. The first-order valence-corrected chi connectivity index (χ1v) is 4.98. The van der Waals surface area contributed by atoms with Crippen molar-refractivity contribution in [3.05, 3.63) is 41.1 Å². The highest BCUT2D eigenvalue weighted by molar-refractivity contribution is 8.02. The summed E-state index contributed by atoms with van der Waals surface area (Å²) in [7, 11) is 0. The summed E-state index contributed by atoms with van der Waals surface area (Å²) >= 11 is 1.76. The highest BCUT2D eigenvalue weighted by atomic mass is 32.2. The lowest BCUT2D eigenvalue weighted by molar-refractivity contribution is 0.623. The van der Waals surface area contributed by atoms with Crippen molar-refractivity contribution < 1.29 is 4.39 Å². The van der Waals surface area contributed by atoms with E-state index in [0.717, 1.165) is 23.3 Å². The Morgan fingerprint density at radius 1 is 1.25 bits per heavy atom. The quantitative estimate of drug-likeness (QED) is 0.639. The summed E-state index contributed by atoms with van der Waals surface area (Å²) in [6.45, 7) is 0. The first kappa shape index (κ1) is 7.87. The molecular weight excluding hydrogens is 171 g/mol. The minimum absolute atomic E-state index is 0.105. The van der Waals surface area contributed by atoms with Crippen molar-refractivity contribution in [2.45, 2.75) is 6.42 Å². The predicted molar refractivity (Wildman–Crippen MR) is 51.5 cm³/mol. The van der Waals surface area contributed by atoms with Crippen LogP contribution in [0.3, 0.4) is 0 Å². The Labute approximate surface area is 75.5 Å². The number of allylic oxidation sites excluding steroid dienone is 1. The minimum atomic E-state index is -0.105. The van der Waals surface area contributed by atoms with Gasteiger partial charge in [-0.2, -0.15) is 0 Å². The van der Waals surface area contributed by atoms with Gasteiger partial charge in [-0.05, 0) is 23.5 Å². The van der Waals surface area contributed by atoms with Crippen LogP contribution in [0.4, 0.5) is 4.39 Å². The van der Waals surface area contributed by atoms with E-state index >= 15 is 0 Å². The lowest BCUT2D eigenvalue weighted by Crippen LogP contribution is -1.86. The number of hydrogen-bond acceptors (Lipinski definition) is 1. The molecule has 1 aromatic carbocycles. The lowest BCUT2D eigenvalue weighted by atomic mass is 10.1. The third-order valence-electron chi connectivity index (χ3n) is 1.93. The van der Waals surface area contributed by atoms with Gasteiger partial charge < -0.3 is 0 Å². The van der Waals surface area contributed by atoms with Gasteiger partial charge in [-0.15, -0.1) is 11.8 Å². The molecule has 0 spiro atoms. The number of benzene rings is 1. The molecule has 1 heterocycles. The summed E-state index contributed by atoms with van der Waals surface area (Å²) in [6, 6.07) is 6.95. The molecule has 1 aliphatic rings. The van der Waals surface area contributed by atoms with Crippen LogP contribution in [0, 0.1) is 5.82 Å². The summed E-state index contributed by atoms with van der Waals surface area (Å²) in [6.07, 6.45) is 0.992. The summed E-state index contributed by atoms with van der Waals surface area (Å²) in [5.41, 5.74) is 1.90. The van der Waals surface area contributed by atoms with Gasteiger partial charge in [0.15, 0.2) is 0 Å². The van der Waals surface area contributed by atoms with Gasteiger partial charge in [0.1, 0.15) is 5.82 Å². The average molecular weight is 180 g/mol. The Kier molecular flexibility index (Phi) is 2.17. The second-order valence-corrected chi connectivity index (χ2v) is 3.72. The van der Waals surface area contributed by atoms with Gasteiger partial charge in [0.2, 0.25) is 0 Å². The monoisotopic (exact) mass is 180 g/mol. The predicted octanol–water partition coefficient (Wildman–Crippen LogP) is 3.30. The zero-order valence-corrected chi connectivity index (χ0v) is 7.40. The van der Waals surface area contributed by atoms with Crippen molar-refractivity contribution in [1.82, 2.24) is 0 Å². The van der Waals surface area contributed by atoms with E-state index < -0.39 is 0 Å². The standard InChI is InChI=1S/C10H9FS/c11-10-4-2-1-3-9(10)8-5-6-12-7-8/h1-4,7H,5-6H2. The third-order valence-corrected chi connectivity index (χ3v) is 2.83. The van der Waals surface area contributed by atoms with E-state index in [-0.39, 0.29) is 5.82 Å². The molecule has 0 aliphatic carbocycles. The molecule has 0 bridgehead atoms. The maximum atomic E-state index is 13.2. The SMILES string of the molecule is Fc1ccccc1C1=CSCC1. The van der Waals surface area contributed by atoms with Crippen LogP contribution in [0.25, 0.3) is 5.57 Å². The molecule has 0 amide bonds. The number of rotatable bonds is 1. The number of hydrogen-bond donors (Lipinski definition) is 0. The van der Waals surface area contributed by atoms with E-state index in [2.05, 4.69) is 5.41 Å². The van der Waals surface area contributed by atoms with Gasteiger partial charge in [-0.3, -0.25) is 0 Å². The molecule has 0 fully saturated rings. The number of halogens is 1. The summed E-state index contributed by atoms with van der Waals surface area (Å²) in [4.78, 5) is 0. The molecule has 12 heavy (non-hydrogen) atoms. The van der Waals surface area contributed by atoms with E-state index in [4.69, 9.17) is 0 Å². The van der Waals surface area contributed by atoms with Gasteiger partial charge in [-0.1, -0.05) is 18.2 Å². The van der Waals surface area contributed by atoms with Crippen LogP contribution >= 0.6 is 11.8 Å². The maximum absolute atomic E-state index is 13.2. The molecule has 0 saturated carbocycles. The molecule has 62 valence electrons. The molecule has 2 heteroatoms. The fourth-order valence-corrected chi connectivity index (χ4v) is 2.21. The van der Waals surface area contributed by atoms with E-state index in [1.54, 1.807) is 17.8 Å². The van der Waals surface area contributed by atoms with E-state index in [9.17, 15) is 4.39 Å². The second-order valence-electron chi connectivity index (χ2n) is 2.74. The Hall–Kier alpha value is -0.760. The Morgan fingerprint density at radius 3 is 2.75 bits per heavy atom. The van der Waals surface area contributed by atoms with E-state index in [1.165, 1.54) is 6.07 Å². The van der Waals surface area contributed by atoms with E-state index in [1.807, 2.05) is 12.1 Å². The van der Waals surface area contributed by atoms with Gasteiger partial charge in [0.05, 0.1) is 0 Å². The second kappa shape index (κ2) is 3.31. The molecule has 0 N–H and O–H groups in total. The average Bonchev–Trinajstić information content (AvgIpc) is 2.57. The van der Waals surface area contributed by atoms with Crippen LogP contribution in [0.1, 0.15) is 12.0 Å². The first-order chi connectivity index (χ1) is 5.88. The van der Waals surface area contributed by atoms with Crippen molar-refractivity contribution in [2.75, 3.05) is 5.75 Å². The van der Waals surface area contributed by atoms with Crippen molar-refractivity contribution in [3.8, 4) is 0 Å². The van der Waals surface area contributed by atoms with Gasteiger partial charge >= 0.3 is 0 Å². The number of thioether (sulfide) groups is 1. The van der Waals surface area contributed by atoms with Gasteiger partial charge in [0.25, 0.3) is 0 Å². The van der Waals surface area contributed by atoms with Gasteiger partial charge in [0, 0.05) is 11.3 Å². The molecule has 0 nitrogen and oxygen atoms in total. The summed E-state index contributed by atoms with van der Waals surface area (Å²) in [5, 5.41) is 2.05. The van der Waals surface area contributed by atoms with Crippen LogP contribution in [-0.2, 0) is 0 Å². The highest BCUT2D eigenvalue weighted by Crippen LogP contribution is 2.31. The van der Waals surface area contributed by atoms with Crippen molar-refractivity contribution in [2.24, 2.45) is 0 Å². The van der Waals surface area contributed by atoms with Crippen LogP contribution in [0.5, 0.6) is 0 Å².